The lowest BCUT2D eigenvalue weighted by molar-refractivity contribution is 0.0398. The SMILES string of the molecule is CC(O)C(C)Oc1c(C(=O)O)ccc(C(=O)O)c1OC(C)C(C)O. The van der Waals surface area contributed by atoms with Crippen LogP contribution < -0.4 is 9.47 Å². The fraction of sp³-hybridized carbons (Fsp3) is 0.500. The lowest BCUT2D eigenvalue weighted by Gasteiger charge is -2.25. The van der Waals surface area contributed by atoms with Crippen LogP contribution in [0.25, 0.3) is 0 Å². The van der Waals surface area contributed by atoms with Crippen molar-refractivity contribution in [3.05, 3.63) is 23.3 Å². The summed E-state index contributed by atoms with van der Waals surface area (Å²) >= 11 is 0. The smallest absolute Gasteiger partial charge is 0.339 e. The van der Waals surface area contributed by atoms with Gasteiger partial charge in [-0.05, 0) is 39.8 Å². The predicted octanol–water partition coefficient (Wildman–Crippen LogP) is 1.38. The number of aliphatic hydroxyl groups excluding tert-OH is 2. The Morgan fingerprint density at radius 1 is 0.792 bits per heavy atom. The Labute approximate surface area is 139 Å². The molecule has 0 fully saturated rings. The molecule has 1 aromatic rings. The highest BCUT2D eigenvalue weighted by molar-refractivity contribution is 5.98. The van der Waals surface area contributed by atoms with Crippen molar-refractivity contribution in [1.29, 1.82) is 0 Å². The standard InChI is InChI=1S/C16H22O8/c1-7(17)9(3)23-13-11(15(19)20)5-6-12(16(21)22)14(13)24-10(4)8(2)18/h5-10,17-18H,1-4H3,(H,19,20)(H,21,22). The van der Waals surface area contributed by atoms with Crippen molar-refractivity contribution in [3.63, 3.8) is 0 Å². The first kappa shape index (κ1) is 19.7. The zero-order valence-electron chi connectivity index (χ0n) is 13.9. The number of benzene rings is 1. The molecule has 134 valence electrons. The van der Waals surface area contributed by atoms with E-state index in [9.17, 15) is 30.0 Å². The Bertz CT molecular complexity index is 555. The van der Waals surface area contributed by atoms with Crippen LogP contribution in [0.3, 0.4) is 0 Å². The molecule has 0 amide bonds. The minimum absolute atomic E-state index is 0.302. The van der Waals surface area contributed by atoms with Crippen LogP contribution in [0, 0.1) is 0 Å². The summed E-state index contributed by atoms with van der Waals surface area (Å²) in [6, 6.07) is 2.19. The van der Waals surface area contributed by atoms with Crippen molar-refractivity contribution in [2.24, 2.45) is 0 Å². The number of aliphatic hydroxyl groups is 2. The molecule has 0 aliphatic rings. The first-order valence-corrected chi connectivity index (χ1v) is 7.39. The van der Waals surface area contributed by atoms with E-state index in [2.05, 4.69) is 0 Å². The Hall–Kier alpha value is -2.32. The first-order valence-electron chi connectivity index (χ1n) is 7.39. The van der Waals surface area contributed by atoms with Gasteiger partial charge >= 0.3 is 11.9 Å². The van der Waals surface area contributed by atoms with Crippen LogP contribution in [0.1, 0.15) is 48.4 Å². The zero-order valence-corrected chi connectivity index (χ0v) is 13.9. The molecule has 0 spiro atoms. The topological polar surface area (TPSA) is 134 Å². The van der Waals surface area contributed by atoms with Gasteiger partial charge in [-0.1, -0.05) is 0 Å². The molecule has 1 aromatic carbocycles. The second kappa shape index (κ2) is 7.98. The molecular weight excluding hydrogens is 320 g/mol. The monoisotopic (exact) mass is 342 g/mol. The number of carbonyl (C=O) groups is 2. The quantitative estimate of drug-likeness (QED) is 0.557. The van der Waals surface area contributed by atoms with E-state index in [-0.39, 0.29) is 22.6 Å². The van der Waals surface area contributed by atoms with Crippen LogP contribution >= 0.6 is 0 Å². The van der Waals surface area contributed by atoms with Crippen LogP contribution in [0.5, 0.6) is 11.5 Å². The molecule has 0 heterocycles. The average molecular weight is 342 g/mol. The number of hydrogen-bond acceptors (Lipinski definition) is 6. The molecule has 0 radical (unpaired) electrons. The molecular formula is C16H22O8. The normalized spacial score (nSPS) is 15.9. The number of carboxylic acids is 2. The van der Waals surface area contributed by atoms with Gasteiger partial charge in [0.1, 0.15) is 23.3 Å². The third-order valence-corrected chi connectivity index (χ3v) is 3.54. The third kappa shape index (κ3) is 4.59. The maximum atomic E-state index is 11.4. The Balaban J connectivity index is 3.53. The van der Waals surface area contributed by atoms with E-state index in [1.165, 1.54) is 27.7 Å². The molecule has 0 aromatic heterocycles. The van der Waals surface area contributed by atoms with Gasteiger partial charge in [0.25, 0.3) is 0 Å². The molecule has 0 aliphatic heterocycles. The van der Waals surface area contributed by atoms with Gasteiger partial charge in [-0.2, -0.15) is 0 Å². The number of hydrogen-bond donors (Lipinski definition) is 4. The largest absolute Gasteiger partial charge is 0.483 e. The molecule has 8 nitrogen and oxygen atoms in total. The Morgan fingerprint density at radius 3 is 1.29 bits per heavy atom. The fourth-order valence-corrected chi connectivity index (χ4v) is 1.70. The van der Waals surface area contributed by atoms with E-state index < -0.39 is 36.4 Å². The van der Waals surface area contributed by atoms with Gasteiger partial charge in [0.15, 0.2) is 11.5 Å². The molecule has 0 saturated carbocycles. The molecule has 0 bridgehead atoms. The molecule has 24 heavy (non-hydrogen) atoms. The number of aromatic carboxylic acids is 2. The molecule has 4 unspecified atom stereocenters. The van der Waals surface area contributed by atoms with E-state index >= 15 is 0 Å². The molecule has 0 saturated heterocycles. The van der Waals surface area contributed by atoms with Gasteiger partial charge in [-0.15, -0.1) is 0 Å². The van der Waals surface area contributed by atoms with Crippen molar-refractivity contribution in [3.8, 4) is 11.5 Å². The van der Waals surface area contributed by atoms with Crippen LogP contribution in [-0.4, -0.2) is 56.8 Å². The summed E-state index contributed by atoms with van der Waals surface area (Å²) in [7, 11) is 0. The third-order valence-electron chi connectivity index (χ3n) is 3.54. The van der Waals surface area contributed by atoms with Crippen molar-refractivity contribution < 1.29 is 39.5 Å². The van der Waals surface area contributed by atoms with Crippen molar-refractivity contribution in [2.75, 3.05) is 0 Å². The summed E-state index contributed by atoms with van der Waals surface area (Å²) in [5.41, 5.74) is -0.611. The highest BCUT2D eigenvalue weighted by Crippen LogP contribution is 2.37. The summed E-state index contributed by atoms with van der Waals surface area (Å²) in [6.07, 6.45) is -3.47. The van der Waals surface area contributed by atoms with Crippen LogP contribution in [0.2, 0.25) is 0 Å². The van der Waals surface area contributed by atoms with Gasteiger partial charge in [-0.3, -0.25) is 0 Å². The summed E-state index contributed by atoms with van der Waals surface area (Å²) < 4.78 is 10.9. The van der Waals surface area contributed by atoms with Crippen molar-refractivity contribution in [1.82, 2.24) is 0 Å². The summed E-state index contributed by atoms with van der Waals surface area (Å²) in [4.78, 5) is 22.9. The second-order valence-corrected chi connectivity index (χ2v) is 5.56. The molecule has 4 N–H and O–H groups in total. The van der Waals surface area contributed by atoms with Crippen molar-refractivity contribution in [2.45, 2.75) is 52.1 Å². The van der Waals surface area contributed by atoms with E-state index in [1.54, 1.807) is 0 Å². The molecule has 4 atom stereocenters. The van der Waals surface area contributed by atoms with E-state index in [0.29, 0.717) is 0 Å². The minimum Gasteiger partial charge on any atom is -0.483 e. The van der Waals surface area contributed by atoms with E-state index in [1.807, 2.05) is 0 Å². The first-order chi connectivity index (χ1) is 11.1. The van der Waals surface area contributed by atoms with Crippen LogP contribution in [0.4, 0.5) is 0 Å². The maximum Gasteiger partial charge on any atom is 0.339 e. The lowest BCUT2D eigenvalue weighted by Crippen LogP contribution is -2.29. The highest BCUT2D eigenvalue weighted by atomic mass is 16.5. The van der Waals surface area contributed by atoms with Crippen LogP contribution in [0.15, 0.2) is 12.1 Å². The molecule has 8 heteroatoms. The summed E-state index contributed by atoms with van der Waals surface area (Å²) in [5, 5.41) is 37.8. The van der Waals surface area contributed by atoms with Gasteiger partial charge in [0.2, 0.25) is 0 Å². The van der Waals surface area contributed by atoms with Gasteiger partial charge < -0.3 is 29.9 Å². The van der Waals surface area contributed by atoms with Gasteiger partial charge in [0, 0.05) is 0 Å². The Kier molecular flexibility index (Phi) is 6.56. The van der Waals surface area contributed by atoms with Gasteiger partial charge in [0.05, 0.1) is 12.2 Å². The predicted molar refractivity (Wildman–Crippen MR) is 83.9 cm³/mol. The lowest BCUT2D eigenvalue weighted by atomic mass is 10.1. The number of carboxylic acid groups (broad SMARTS) is 2. The summed E-state index contributed by atoms with van der Waals surface area (Å²) in [5.74, 6) is -3.28. The number of ether oxygens (including phenoxy) is 2. The fourth-order valence-electron chi connectivity index (χ4n) is 1.70. The number of rotatable bonds is 8. The van der Waals surface area contributed by atoms with E-state index in [4.69, 9.17) is 9.47 Å². The van der Waals surface area contributed by atoms with Gasteiger partial charge in [-0.25, -0.2) is 9.59 Å². The summed E-state index contributed by atoms with van der Waals surface area (Å²) in [6.45, 7) is 5.91. The highest BCUT2D eigenvalue weighted by Gasteiger charge is 2.28. The van der Waals surface area contributed by atoms with Crippen molar-refractivity contribution >= 4 is 11.9 Å². The molecule has 1 rings (SSSR count). The average Bonchev–Trinajstić information content (AvgIpc) is 2.47. The molecule has 0 aliphatic carbocycles. The second-order valence-electron chi connectivity index (χ2n) is 5.56. The Morgan fingerprint density at radius 2 is 1.08 bits per heavy atom. The van der Waals surface area contributed by atoms with Crippen LogP contribution in [-0.2, 0) is 0 Å². The zero-order chi connectivity index (χ0) is 18.6. The van der Waals surface area contributed by atoms with E-state index in [0.717, 1.165) is 12.1 Å². The minimum atomic E-state index is -1.34. The maximum absolute atomic E-state index is 11.4.